The van der Waals surface area contributed by atoms with E-state index in [2.05, 4.69) is 4.98 Å². The van der Waals surface area contributed by atoms with Gasteiger partial charge in [0.05, 0.1) is 27.6 Å². The van der Waals surface area contributed by atoms with Crippen LogP contribution >= 0.6 is 23.2 Å². The Balaban J connectivity index is 2.34. The van der Waals surface area contributed by atoms with Crippen LogP contribution in [0.1, 0.15) is 11.4 Å². The number of aryl methyl sites for hydroxylation is 1. The molecule has 21 heavy (non-hydrogen) atoms. The molecule has 0 fully saturated rings. The van der Waals surface area contributed by atoms with E-state index in [1.165, 1.54) is 18.2 Å². The zero-order valence-electron chi connectivity index (χ0n) is 11.0. The van der Waals surface area contributed by atoms with Crippen LogP contribution in [0, 0.1) is 18.6 Å². The molecule has 0 saturated carbocycles. The van der Waals surface area contributed by atoms with Gasteiger partial charge in [0.1, 0.15) is 17.5 Å². The Morgan fingerprint density at radius 1 is 1.14 bits per heavy atom. The zero-order valence-corrected chi connectivity index (χ0v) is 12.5. The van der Waals surface area contributed by atoms with Crippen molar-refractivity contribution in [2.75, 3.05) is 0 Å². The maximum atomic E-state index is 13.7. The number of benzene rings is 2. The lowest BCUT2D eigenvalue weighted by Crippen LogP contribution is -2.00. The largest absolute Gasteiger partial charge is 0.295 e. The van der Waals surface area contributed by atoms with Crippen LogP contribution < -0.4 is 0 Å². The van der Waals surface area contributed by atoms with Crippen molar-refractivity contribution in [1.29, 1.82) is 0 Å². The van der Waals surface area contributed by atoms with Crippen LogP contribution in [0.5, 0.6) is 0 Å². The topological polar surface area (TPSA) is 17.8 Å². The molecular formula is C15H10Cl2F2N2. The molecule has 108 valence electrons. The summed E-state index contributed by atoms with van der Waals surface area (Å²) in [5, 5.41) is 0.0396. The minimum Gasteiger partial charge on any atom is -0.295 e. The van der Waals surface area contributed by atoms with Crippen LogP contribution in [0.4, 0.5) is 8.78 Å². The van der Waals surface area contributed by atoms with E-state index in [4.69, 9.17) is 23.2 Å². The molecule has 0 aliphatic carbocycles. The lowest BCUT2D eigenvalue weighted by Gasteiger charge is -2.09. The fourth-order valence-electron chi connectivity index (χ4n) is 2.25. The normalized spacial score (nSPS) is 11.3. The quantitative estimate of drug-likeness (QED) is 0.605. The number of hydrogen-bond acceptors (Lipinski definition) is 1. The molecule has 0 spiro atoms. The molecule has 0 aliphatic heterocycles. The van der Waals surface area contributed by atoms with E-state index in [-0.39, 0.29) is 16.7 Å². The molecule has 3 aromatic rings. The van der Waals surface area contributed by atoms with Crippen molar-refractivity contribution in [1.82, 2.24) is 9.55 Å². The molecule has 1 aromatic heterocycles. The highest BCUT2D eigenvalue weighted by atomic mass is 35.5. The van der Waals surface area contributed by atoms with Gasteiger partial charge in [-0.3, -0.25) is 4.57 Å². The lowest BCUT2D eigenvalue weighted by atomic mass is 10.2. The maximum Gasteiger partial charge on any atom is 0.143 e. The molecule has 2 nitrogen and oxygen atoms in total. The van der Waals surface area contributed by atoms with Crippen molar-refractivity contribution in [3.05, 3.63) is 58.4 Å². The van der Waals surface area contributed by atoms with Crippen molar-refractivity contribution >= 4 is 34.2 Å². The predicted octanol–water partition coefficient (Wildman–Crippen LogP) is 5.00. The first-order valence-electron chi connectivity index (χ1n) is 6.20. The second kappa shape index (κ2) is 5.28. The summed E-state index contributed by atoms with van der Waals surface area (Å²) in [7, 11) is 0. The van der Waals surface area contributed by atoms with Gasteiger partial charge in [-0.15, -0.1) is 11.6 Å². The summed E-state index contributed by atoms with van der Waals surface area (Å²) in [6, 6.07) is 7.45. The summed E-state index contributed by atoms with van der Waals surface area (Å²) in [4.78, 5) is 4.30. The third-order valence-corrected chi connectivity index (χ3v) is 3.83. The number of fused-ring (bicyclic) bond motifs is 1. The first-order chi connectivity index (χ1) is 10.0. The van der Waals surface area contributed by atoms with Gasteiger partial charge in [0.25, 0.3) is 0 Å². The fourth-order valence-corrected chi connectivity index (χ4v) is 2.55. The van der Waals surface area contributed by atoms with Crippen LogP contribution in [0.15, 0.2) is 30.3 Å². The summed E-state index contributed by atoms with van der Waals surface area (Å²) in [6.45, 7) is 1.66. The van der Waals surface area contributed by atoms with Crippen LogP contribution in [0.2, 0.25) is 5.02 Å². The molecule has 0 radical (unpaired) electrons. The van der Waals surface area contributed by atoms with E-state index in [1.54, 1.807) is 23.6 Å². The summed E-state index contributed by atoms with van der Waals surface area (Å²) in [5.41, 5.74) is 2.18. The zero-order chi connectivity index (χ0) is 15.1. The number of hydrogen-bond donors (Lipinski definition) is 0. The van der Waals surface area contributed by atoms with Gasteiger partial charge in [-0.2, -0.15) is 0 Å². The smallest absolute Gasteiger partial charge is 0.143 e. The Bertz CT molecular complexity index is 843. The summed E-state index contributed by atoms with van der Waals surface area (Å²) in [6.07, 6.45) is 0. The lowest BCUT2D eigenvalue weighted by molar-refractivity contribution is 0.620. The molecule has 0 aliphatic rings. The highest BCUT2D eigenvalue weighted by Gasteiger charge is 2.15. The molecule has 0 bridgehead atoms. The Kier molecular flexibility index (Phi) is 3.59. The van der Waals surface area contributed by atoms with Gasteiger partial charge in [0.2, 0.25) is 0 Å². The SMILES string of the molecule is Cc1cc2c(cc1F)nc(CCl)n2-c1ccc(Cl)c(F)c1. The molecule has 6 heteroatoms. The van der Waals surface area contributed by atoms with Gasteiger partial charge < -0.3 is 0 Å². The number of aromatic nitrogens is 2. The van der Waals surface area contributed by atoms with Crippen LogP contribution in [-0.2, 0) is 5.88 Å². The number of halogens is 4. The second-order valence-electron chi connectivity index (χ2n) is 4.69. The van der Waals surface area contributed by atoms with E-state index in [0.29, 0.717) is 28.1 Å². The Labute approximate surface area is 129 Å². The minimum atomic E-state index is -0.532. The minimum absolute atomic E-state index is 0.0396. The second-order valence-corrected chi connectivity index (χ2v) is 5.36. The maximum absolute atomic E-state index is 13.7. The molecule has 1 heterocycles. The molecule has 0 amide bonds. The van der Waals surface area contributed by atoms with Crippen LogP contribution in [0.3, 0.4) is 0 Å². The molecule has 0 unspecified atom stereocenters. The summed E-state index contributed by atoms with van der Waals surface area (Å²) >= 11 is 11.6. The summed E-state index contributed by atoms with van der Waals surface area (Å²) in [5.74, 6) is -0.233. The molecule has 0 atom stereocenters. The first-order valence-corrected chi connectivity index (χ1v) is 7.11. The Morgan fingerprint density at radius 3 is 2.57 bits per heavy atom. The average molecular weight is 327 g/mol. The van der Waals surface area contributed by atoms with Crippen molar-refractivity contribution in [3.63, 3.8) is 0 Å². The van der Waals surface area contributed by atoms with E-state index < -0.39 is 5.82 Å². The average Bonchev–Trinajstić information content (AvgIpc) is 2.80. The van der Waals surface area contributed by atoms with Gasteiger partial charge in [0, 0.05) is 6.07 Å². The third-order valence-electron chi connectivity index (χ3n) is 3.29. The van der Waals surface area contributed by atoms with Gasteiger partial charge in [0.15, 0.2) is 0 Å². The van der Waals surface area contributed by atoms with Crippen molar-refractivity contribution in [2.45, 2.75) is 12.8 Å². The summed E-state index contributed by atoms with van der Waals surface area (Å²) < 4.78 is 29.0. The molecule has 3 rings (SSSR count). The number of alkyl halides is 1. The van der Waals surface area contributed by atoms with Crippen LogP contribution in [0.25, 0.3) is 16.7 Å². The number of rotatable bonds is 2. The molecule has 0 N–H and O–H groups in total. The first kappa shape index (κ1) is 14.3. The van der Waals surface area contributed by atoms with E-state index in [1.807, 2.05) is 0 Å². The van der Waals surface area contributed by atoms with Crippen molar-refractivity contribution in [3.8, 4) is 5.69 Å². The predicted molar refractivity (Wildman–Crippen MR) is 80.3 cm³/mol. The highest BCUT2D eigenvalue weighted by molar-refractivity contribution is 6.30. The van der Waals surface area contributed by atoms with Crippen molar-refractivity contribution < 1.29 is 8.78 Å². The van der Waals surface area contributed by atoms with Gasteiger partial charge in [-0.05, 0) is 36.8 Å². The molecule has 2 aromatic carbocycles. The standard InChI is InChI=1S/C15H10Cl2F2N2/c1-8-4-14-13(6-11(8)18)20-15(7-16)21(14)9-2-3-10(17)12(19)5-9/h2-6H,7H2,1H3. The molecule has 0 saturated heterocycles. The van der Waals surface area contributed by atoms with E-state index >= 15 is 0 Å². The molecular weight excluding hydrogens is 317 g/mol. The monoisotopic (exact) mass is 326 g/mol. The number of nitrogens with zero attached hydrogens (tertiary/aromatic N) is 2. The Morgan fingerprint density at radius 2 is 1.90 bits per heavy atom. The van der Waals surface area contributed by atoms with E-state index in [0.717, 1.165) is 0 Å². The van der Waals surface area contributed by atoms with Crippen molar-refractivity contribution in [2.24, 2.45) is 0 Å². The van der Waals surface area contributed by atoms with Crippen LogP contribution in [-0.4, -0.2) is 9.55 Å². The third kappa shape index (κ3) is 2.39. The van der Waals surface area contributed by atoms with Gasteiger partial charge >= 0.3 is 0 Å². The Hall–Kier alpha value is -1.65. The van der Waals surface area contributed by atoms with Gasteiger partial charge in [-0.1, -0.05) is 11.6 Å². The highest BCUT2D eigenvalue weighted by Crippen LogP contribution is 2.27. The fraction of sp³-hybridized carbons (Fsp3) is 0.133. The number of imidazole rings is 1. The van der Waals surface area contributed by atoms with Gasteiger partial charge in [-0.25, -0.2) is 13.8 Å². The van der Waals surface area contributed by atoms with E-state index in [9.17, 15) is 8.78 Å².